The predicted octanol–water partition coefficient (Wildman–Crippen LogP) is 3.71. The maximum atomic E-state index is 6.05. The summed E-state index contributed by atoms with van der Waals surface area (Å²) in [6.45, 7) is 5.07. The molecule has 1 heterocycles. The van der Waals surface area contributed by atoms with E-state index in [2.05, 4.69) is 27.4 Å². The summed E-state index contributed by atoms with van der Waals surface area (Å²) in [5.74, 6) is 1.87. The number of benzene rings is 2. The van der Waals surface area contributed by atoms with Gasteiger partial charge in [-0.05, 0) is 34.2 Å². The summed E-state index contributed by atoms with van der Waals surface area (Å²) in [5.41, 5.74) is 1.90. The highest BCUT2D eigenvalue weighted by atomic mass is 35.5. The number of hydrogen-bond acceptors (Lipinski definition) is 6. The Morgan fingerprint density at radius 3 is 2.89 bits per heavy atom. The number of allylic oxidation sites excluding steroid dienone is 1. The summed E-state index contributed by atoms with van der Waals surface area (Å²) >= 11 is 6.05. The van der Waals surface area contributed by atoms with Gasteiger partial charge in [-0.25, -0.2) is 4.68 Å². The fraction of sp³-hybridized carbons (Fsp3) is 0.211. The molecular weight excluding hydrogens is 366 g/mol. The molecule has 7 nitrogen and oxygen atoms in total. The van der Waals surface area contributed by atoms with Crippen LogP contribution in [-0.2, 0) is 19.7 Å². The molecule has 8 heteroatoms. The first kappa shape index (κ1) is 18.7. The van der Waals surface area contributed by atoms with Crippen molar-refractivity contribution in [1.29, 1.82) is 0 Å². The van der Waals surface area contributed by atoms with Gasteiger partial charge in [0.2, 0.25) is 5.95 Å². The van der Waals surface area contributed by atoms with Gasteiger partial charge in [-0.3, -0.25) is 0 Å². The predicted molar refractivity (Wildman–Crippen MR) is 104 cm³/mol. The zero-order valence-electron chi connectivity index (χ0n) is 14.9. The number of nitrogens with zero attached hydrogens (tertiary/aromatic N) is 4. The number of aromatic nitrogens is 4. The van der Waals surface area contributed by atoms with Gasteiger partial charge in [0.15, 0.2) is 11.5 Å². The first-order valence-corrected chi connectivity index (χ1v) is 8.73. The Hall–Kier alpha value is -3.06. The number of para-hydroxylation sites is 1. The molecule has 0 atom stereocenters. The van der Waals surface area contributed by atoms with E-state index in [4.69, 9.17) is 21.1 Å². The number of nitrogens with one attached hydrogen (secondary N) is 1. The lowest BCUT2D eigenvalue weighted by atomic mass is 10.1. The first-order chi connectivity index (χ1) is 13.2. The molecule has 0 bridgehead atoms. The second-order valence-corrected chi connectivity index (χ2v) is 6.13. The lowest BCUT2D eigenvalue weighted by Gasteiger charge is -2.16. The molecule has 0 radical (unpaired) electrons. The summed E-state index contributed by atoms with van der Waals surface area (Å²) < 4.78 is 13.1. The SMILES string of the molecule is C=CCn1nnnc1NCc1cccc(OC)c1OCc1cccc(Cl)c1. The standard InChI is InChI=1S/C19H20ClN5O2/c1-3-10-25-19(22-23-24-25)21-12-15-7-5-9-17(26-2)18(15)27-13-14-6-4-8-16(20)11-14/h3-9,11H,1,10,12-13H2,2H3,(H,21,22,24). The van der Waals surface area contributed by atoms with Crippen molar-refractivity contribution < 1.29 is 9.47 Å². The van der Waals surface area contributed by atoms with Crippen molar-refractivity contribution in [3.63, 3.8) is 0 Å². The van der Waals surface area contributed by atoms with Crippen LogP contribution in [0.1, 0.15) is 11.1 Å². The smallest absolute Gasteiger partial charge is 0.243 e. The highest BCUT2D eigenvalue weighted by Crippen LogP contribution is 2.32. The number of anilines is 1. The summed E-state index contributed by atoms with van der Waals surface area (Å²) in [7, 11) is 1.61. The van der Waals surface area contributed by atoms with Crippen LogP contribution in [0.15, 0.2) is 55.1 Å². The molecule has 0 aliphatic rings. The minimum absolute atomic E-state index is 0.377. The summed E-state index contributed by atoms with van der Waals surface area (Å²) in [5, 5.41) is 15.5. The van der Waals surface area contributed by atoms with E-state index in [0.717, 1.165) is 11.1 Å². The zero-order chi connectivity index (χ0) is 19.1. The molecule has 0 saturated carbocycles. The van der Waals surface area contributed by atoms with Crippen molar-refractivity contribution in [2.45, 2.75) is 19.7 Å². The average molecular weight is 386 g/mol. The third kappa shape index (κ3) is 4.77. The monoisotopic (exact) mass is 385 g/mol. The van der Waals surface area contributed by atoms with Crippen molar-refractivity contribution in [3.05, 3.63) is 71.3 Å². The Balaban J connectivity index is 1.76. The molecular formula is C19H20ClN5O2. The van der Waals surface area contributed by atoms with E-state index in [0.29, 0.717) is 42.2 Å². The molecule has 0 saturated heterocycles. The van der Waals surface area contributed by atoms with Crippen LogP contribution in [0.4, 0.5) is 5.95 Å². The van der Waals surface area contributed by atoms with E-state index in [1.165, 1.54) is 0 Å². The topological polar surface area (TPSA) is 74.1 Å². The van der Waals surface area contributed by atoms with Crippen molar-refractivity contribution in [3.8, 4) is 11.5 Å². The molecule has 1 N–H and O–H groups in total. The van der Waals surface area contributed by atoms with E-state index in [9.17, 15) is 0 Å². The molecule has 0 fully saturated rings. The van der Waals surface area contributed by atoms with Crippen LogP contribution < -0.4 is 14.8 Å². The molecule has 140 valence electrons. The Kier molecular flexibility index (Phi) is 6.27. The Labute approximate surface area is 162 Å². The third-order valence-electron chi connectivity index (χ3n) is 3.82. The minimum Gasteiger partial charge on any atom is -0.493 e. The number of tetrazole rings is 1. The van der Waals surface area contributed by atoms with Crippen LogP contribution >= 0.6 is 11.6 Å². The maximum Gasteiger partial charge on any atom is 0.243 e. The van der Waals surface area contributed by atoms with Crippen molar-refractivity contribution in [2.24, 2.45) is 0 Å². The van der Waals surface area contributed by atoms with Crippen LogP contribution in [0.25, 0.3) is 0 Å². The number of rotatable bonds is 9. The lowest BCUT2D eigenvalue weighted by molar-refractivity contribution is 0.281. The van der Waals surface area contributed by atoms with Gasteiger partial charge >= 0.3 is 0 Å². The van der Waals surface area contributed by atoms with Gasteiger partial charge in [0.1, 0.15) is 6.61 Å². The Morgan fingerprint density at radius 1 is 1.26 bits per heavy atom. The highest BCUT2D eigenvalue weighted by Gasteiger charge is 2.12. The Bertz CT molecular complexity index is 913. The summed E-state index contributed by atoms with van der Waals surface area (Å²) in [6.07, 6.45) is 1.73. The largest absolute Gasteiger partial charge is 0.493 e. The molecule has 0 aliphatic carbocycles. The molecule has 0 spiro atoms. The second kappa shape index (κ2) is 9.05. The van der Waals surface area contributed by atoms with E-state index in [-0.39, 0.29) is 0 Å². The van der Waals surface area contributed by atoms with E-state index in [1.807, 2.05) is 42.5 Å². The molecule has 0 aliphatic heterocycles. The van der Waals surface area contributed by atoms with Gasteiger partial charge in [0.25, 0.3) is 0 Å². The van der Waals surface area contributed by atoms with Crippen LogP contribution in [0.3, 0.4) is 0 Å². The zero-order valence-corrected chi connectivity index (χ0v) is 15.7. The lowest BCUT2D eigenvalue weighted by Crippen LogP contribution is -2.10. The van der Waals surface area contributed by atoms with Crippen LogP contribution in [-0.4, -0.2) is 27.3 Å². The molecule has 0 amide bonds. The van der Waals surface area contributed by atoms with Gasteiger partial charge in [0, 0.05) is 17.1 Å². The minimum atomic E-state index is 0.377. The molecule has 3 rings (SSSR count). The average Bonchev–Trinajstić information content (AvgIpc) is 3.12. The number of ether oxygens (including phenoxy) is 2. The van der Waals surface area contributed by atoms with E-state index < -0.39 is 0 Å². The van der Waals surface area contributed by atoms with Gasteiger partial charge in [0.05, 0.1) is 13.7 Å². The molecule has 1 aromatic heterocycles. The maximum absolute atomic E-state index is 6.05. The van der Waals surface area contributed by atoms with Crippen molar-refractivity contribution in [2.75, 3.05) is 12.4 Å². The third-order valence-corrected chi connectivity index (χ3v) is 4.06. The number of halogens is 1. The van der Waals surface area contributed by atoms with Crippen molar-refractivity contribution in [1.82, 2.24) is 20.2 Å². The van der Waals surface area contributed by atoms with E-state index in [1.54, 1.807) is 17.9 Å². The van der Waals surface area contributed by atoms with E-state index >= 15 is 0 Å². The van der Waals surface area contributed by atoms with Gasteiger partial charge < -0.3 is 14.8 Å². The fourth-order valence-electron chi connectivity index (χ4n) is 2.56. The van der Waals surface area contributed by atoms with Gasteiger partial charge in [-0.1, -0.05) is 47.0 Å². The molecule has 27 heavy (non-hydrogen) atoms. The highest BCUT2D eigenvalue weighted by molar-refractivity contribution is 6.30. The van der Waals surface area contributed by atoms with Crippen LogP contribution in [0.5, 0.6) is 11.5 Å². The van der Waals surface area contributed by atoms with Gasteiger partial charge in [-0.2, -0.15) is 0 Å². The molecule has 0 unspecified atom stereocenters. The van der Waals surface area contributed by atoms with Gasteiger partial charge in [-0.15, -0.1) is 6.58 Å². The number of hydrogen-bond donors (Lipinski definition) is 1. The quantitative estimate of drug-likeness (QED) is 0.566. The number of methoxy groups -OCH3 is 1. The first-order valence-electron chi connectivity index (χ1n) is 8.35. The molecule has 2 aromatic carbocycles. The molecule has 3 aromatic rings. The van der Waals surface area contributed by atoms with Crippen LogP contribution in [0, 0.1) is 0 Å². The fourth-order valence-corrected chi connectivity index (χ4v) is 2.77. The van der Waals surface area contributed by atoms with Crippen LogP contribution in [0.2, 0.25) is 5.02 Å². The van der Waals surface area contributed by atoms with Crippen molar-refractivity contribution >= 4 is 17.5 Å². The summed E-state index contributed by atoms with van der Waals surface area (Å²) in [4.78, 5) is 0. The summed E-state index contributed by atoms with van der Waals surface area (Å²) in [6, 6.07) is 13.3. The Morgan fingerprint density at radius 2 is 2.11 bits per heavy atom. The normalized spacial score (nSPS) is 10.4. The second-order valence-electron chi connectivity index (χ2n) is 5.69.